The summed E-state index contributed by atoms with van der Waals surface area (Å²) in [5.74, 6) is -1.01. The van der Waals surface area contributed by atoms with Gasteiger partial charge in [0.25, 0.3) is 0 Å². The molecule has 1 aromatic rings. The smallest absolute Gasteiger partial charge is 0.356 e. The average molecular weight is 230 g/mol. The lowest BCUT2D eigenvalue weighted by molar-refractivity contribution is 0.0690. The van der Waals surface area contributed by atoms with Crippen LogP contribution in [0.5, 0.6) is 0 Å². The molecule has 1 atom stereocenters. The highest BCUT2D eigenvalue weighted by Crippen LogP contribution is 2.27. The Bertz CT molecular complexity index is 490. The number of hydrogen-bond donors (Lipinski definition) is 2. The molecule has 1 saturated heterocycles. The van der Waals surface area contributed by atoms with Crippen LogP contribution in [0.25, 0.3) is 0 Å². The predicted molar refractivity (Wildman–Crippen MR) is 51.6 cm³/mol. The number of sulfone groups is 1. The van der Waals surface area contributed by atoms with Crippen LogP contribution in [0.1, 0.15) is 28.5 Å². The number of aromatic nitrogens is 2. The van der Waals surface area contributed by atoms with Crippen molar-refractivity contribution in [3.63, 3.8) is 0 Å². The summed E-state index contributed by atoms with van der Waals surface area (Å²) >= 11 is 0. The van der Waals surface area contributed by atoms with Gasteiger partial charge in [-0.25, -0.2) is 13.2 Å². The Morgan fingerprint density at radius 1 is 1.60 bits per heavy atom. The van der Waals surface area contributed by atoms with E-state index in [9.17, 15) is 13.2 Å². The van der Waals surface area contributed by atoms with Gasteiger partial charge in [0.15, 0.2) is 15.5 Å². The minimum absolute atomic E-state index is 0.0747. The number of carbonyl (C=O) groups is 1. The molecule has 0 bridgehead atoms. The molecule has 2 rings (SSSR count). The summed E-state index contributed by atoms with van der Waals surface area (Å²) in [4.78, 5) is 10.6. The topological polar surface area (TPSA) is 100 Å². The van der Waals surface area contributed by atoms with Gasteiger partial charge in [0.05, 0.1) is 11.5 Å². The molecule has 0 spiro atoms. The third kappa shape index (κ3) is 2.01. The molecule has 0 amide bonds. The Labute approximate surface area is 86.2 Å². The third-order valence-corrected chi connectivity index (χ3v) is 4.26. The Kier molecular flexibility index (Phi) is 2.26. The molecule has 6 nitrogen and oxygen atoms in total. The zero-order chi connectivity index (χ0) is 11.1. The maximum Gasteiger partial charge on any atom is 0.356 e. The van der Waals surface area contributed by atoms with Gasteiger partial charge >= 0.3 is 5.97 Å². The quantitative estimate of drug-likeness (QED) is 0.745. The lowest BCUT2D eigenvalue weighted by Gasteiger charge is -2.01. The van der Waals surface area contributed by atoms with Crippen LogP contribution in [-0.2, 0) is 9.84 Å². The van der Waals surface area contributed by atoms with Gasteiger partial charge in [-0.2, -0.15) is 5.10 Å². The van der Waals surface area contributed by atoms with Gasteiger partial charge in [0, 0.05) is 11.6 Å². The lowest BCUT2D eigenvalue weighted by Crippen LogP contribution is -2.04. The molecule has 1 aliphatic rings. The normalized spacial score (nSPS) is 24.1. The van der Waals surface area contributed by atoms with Crippen molar-refractivity contribution in [2.45, 2.75) is 12.3 Å². The van der Waals surface area contributed by atoms with Gasteiger partial charge in [-0.3, -0.25) is 5.10 Å². The van der Waals surface area contributed by atoms with Crippen molar-refractivity contribution in [3.05, 3.63) is 17.5 Å². The summed E-state index contributed by atoms with van der Waals surface area (Å²) in [5.41, 5.74) is 0.516. The van der Waals surface area contributed by atoms with E-state index >= 15 is 0 Å². The van der Waals surface area contributed by atoms with Gasteiger partial charge in [-0.05, 0) is 12.5 Å². The first-order chi connectivity index (χ1) is 6.98. The highest BCUT2D eigenvalue weighted by Gasteiger charge is 2.30. The van der Waals surface area contributed by atoms with Gasteiger partial charge < -0.3 is 5.11 Å². The van der Waals surface area contributed by atoms with E-state index in [0.717, 1.165) is 0 Å². The first-order valence-corrected chi connectivity index (χ1v) is 6.29. The van der Waals surface area contributed by atoms with E-state index in [2.05, 4.69) is 10.2 Å². The number of aromatic amines is 1. The number of nitrogens with zero attached hydrogens (tertiary/aromatic N) is 1. The number of hydrogen-bond acceptors (Lipinski definition) is 4. The molecular weight excluding hydrogens is 220 g/mol. The monoisotopic (exact) mass is 230 g/mol. The molecule has 82 valence electrons. The molecule has 2 N–H and O–H groups in total. The first-order valence-electron chi connectivity index (χ1n) is 4.47. The van der Waals surface area contributed by atoms with E-state index in [4.69, 9.17) is 5.11 Å². The Balaban J connectivity index is 2.21. The van der Waals surface area contributed by atoms with Crippen molar-refractivity contribution in [1.82, 2.24) is 10.2 Å². The largest absolute Gasteiger partial charge is 0.476 e. The first kappa shape index (κ1) is 10.2. The van der Waals surface area contributed by atoms with Crippen LogP contribution in [0, 0.1) is 0 Å². The van der Waals surface area contributed by atoms with Crippen LogP contribution in [-0.4, -0.2) is 41.2 Å². The summed E-state index contributed by atoms with van der Waals surface area (Å²) in [6.45, 7) is 0. The predicted octanol–water partition coefficient (Wildman–Crippen LogP) is 0.0100. The third-order valence-electron chi connectivity index (χ3n) is 2.49. The fourth-order valence-electron chi connectivity index (χ4n) is 1.70. The van der Waals surface area contributed by atoms with Crippen molar-refractivity contribution < 1.29 is 18.3 Å². The second kappa shape index (κ2) is 3.34. The van der Waals surface area contributed by atoms with Crippen LogP contribution in [0.2, 0.25) is 0 Å². The number of H-pyrrole nitrogens is 1. The Morgan fingerprint density at radius 3 is 2.80 bits per heavy atom. The van der Waals surface area contributed by atoms with Crippen LogP contribution in [0.4, 0.5) is 0 Å². The van der Waals surface area contributed by atoms with Crippen molar-refractivity contribution in [2.75, 3.05) is 11.5 Å². The van der Waals surface area contributed by atoms with Gasteiger partial charge in [-0.15, -0.1) is 0 Å². The average Bonchev–Trinajstić information content (AvgIpc) is 2.70. The standard InChI is InChI=1S/C8H10N2O4S/c11-8(12)7-3-6(9-10-7)5-1-2-15(13,14)4-5/h3,5H,1-2,4H2,(H,9,10)(H,11,12). The van der Waals surface area contributed by atoms with E-state index in [1.54, 1.807) is 0 Å². The minimum atomic E-state index is -2.95. The second-order valence-corrected chi connectivity index (χ2v) is 5.84. The Hall–Kier alpha value is -1.37. The summed E-state index contributed by atoms with van der Waals surface area (Å²) in [6.07, 6.45) is 0.531. The summed E-state index contributed by atoms with van der Waals surface area (Å²) in [6, 6.07) is 1.40. The lowest BCUT2D eigenvalue weighted by atomic mass is 10.1. The molecule has 0 saturated carbocycles. The second-order valence-electron chi connectivity index (χ2n) is 3.61. The van der Waals surface area contributed by atoms with Gasteiger partial charge in [0.1, 0.15) is 0 Å². The van der Waals surface area contributed by atoms with Crippen molar-refractivity contribution >= 4 is 15.8 Å². The molecule has 1 aromatic heterocycles. The summed E-state index contributed by atoms with van der Waals surface area (Å²) in [5, 5.41) is 14.8. The van der Waals surface area contributed by atoms with Crippen LogP contribution < -0.4 is 0 Å². The molecular formula is C8H10N2O4S. The summed E-state index contributed by atoms with van der Waals surface area (Å²) < 4.78 is 22.4. The fourth-order valence-corrected chi connectivity index (χ4v) is 3.47. The van der Waals surface area contributed by atoms with Gasteiger partial charge in [-0.1, -0.05) is 0 Å². The molecule has 1 aliphatic heterocycles. The van der Waals surface area contributed by atoms with E-state index in [0.29, 0.717) is 12.1 Å². The molecule has 15 heavy (non-hydrogen) atoms. The van der Waals surface area contributed by atoms with Crippen molar-refractivity contribution in [1.29, 1.82) is 0 Å². The van der Waals surface area contributed by atoms with Crippen molar-refractivity contribution in [3.8, 4) is 0 Å². The zero-order valence-corrected chi connectivity index (χ0v) is 8.62. The molecule has 0 radical (unpaired) electrons. The molecule has 1 fully saturated rings. The SMILES string of the molecule is O=C(O)c1cc(C2CCS(=O)(=O)C2)[nH]n1. The number of nitrogens with one attached hydrogen (secondary N) is 1. The molecule has 2 heterocycles. The molecule has 0 aromatic carbocycles. The van der Waals surface area contributed by atoms with Crippen LogP contribution in [0.3, 0.4) is 0 Å². The van der Waals surface area contributed by atoms with Crippen LogP contribution in [0.15, 0.2) is 6.07 Å². The molecule has 1 unspecified atom stereocenters. The number of carboxylic acids is 1. The Morgan fingerprint density at radius 2 is 2.33 bits per heavy atom. The van der Waals surface area contributed by atoms with Gasteiger partial charge in [0.2, 0.25) is 0 Å². The number of carboxylic acid groups (broad SMARTS) is 1. The fraction of sp³-hybridized carbons (Fsp3) is 0.500. The van der Waals surface area contributed by atoms with E-state index < -0.39 is 15.8 Å². The molecule has 7 heteroatoms. The minimum Gasteiger partial charge on any atom is -0.476 e. The maximum absolute atomic E-state index is 11.2. The van der Waals surface area contributed by atoms with Crippen molar-refractivity contribution in [2.24, 2.45) is 0 Å². The number of aromatic carboxylic acids is 1. The highest BCUT2D eigenvalue weighted by atomic mass is 32.2. The highest BCUT2D eigenvalue weighted by molar-refractivity contribution is 7.91. The van der Waals surface area contributed by atoms with Crippen LogP contribution >= 0.6 is 0 Å². The maximum atomic E-state index is 11.2. The number of rotatable bonds is 2. The zero-order valence-electron chi connectivity index (χ0n) is 7.80. The van der Waals surface area contributed by atoms with E-state index in [-0.39, 0.29) is 23.1 Å². The van der Waals surface area contributed by atoms with E-state index in [1.165, 1.54) is 6.07 Å². The summed E-state index contributed by atoms with van der Waals surface area (Å²) in [7, 11) is -2.95. The molecule has 0 aliphatic carbocycles. The van der Waals surface area contributed by atoms with E-state index in [1.807, 2.05) is 0 Å².